The molecular formula is C26H30N4O4. The summed E-state index contributed by atoms with van der Waals surface area (Å²) in [6.45, 7) is 11.0. The van der Waals surface area contributed by atoms with Crippen molar-refractivity contribution in [3.8, 4) is 0 Å². The van der Waals surface area contributed by atoms with Gasteiger partial charge in [-0.05, 0) is 50.8 Å². The van der Waals surface area contributed by atoms with Gasteiger partial charge in [0.05, 0.1) is 24.5 Å². The van der Waals surface area contributed by atoms with Crippen molar-refractivity contribution in [3.05, 3.63) is 57.2 Å². The molecular weight excluding hydrogens is 432 g/mol. The largest absolute Gasteiger partial charge is 0.422 e. The summed E-state index contributed by atoms with van der Waals surface area (Å²) in [5, 5.41) is 0.741. The van der Waals surface area contributed by atoms with Gasteiger partial charge in [-0.2, -0.15) is 0 Å². The molecule has 178 valence electrons. The molecule has 1 fully saturated rings. The molecule has 0 spiro atoms. The van der Waals surface area contributed by atoms with Gasteiger partial charge in [-0.1, -0.05) is 6.92 Å². The Labute approximate surface area is 198 Å². The Kier molecular flexibility index (Phi) is 5.43. The minimum absolute atomic E-state index is 0.00120. The lowest BCUT2D eigenvalue weighted by atomic mass is 9.80. The molecule has 0 N–H and O–H groups in total. The SMILES string of the molecule is Cc1nc(N2CCOCC2)ncc1C(=O)c1cc2cc3c(cc2oc1=O)N(C)C(C)(C)C[C@@H]3C. The topological polar surface area (TPSA) is 88.8 Å². The summed E-state index contributed by atoms with van der Waals surface area (Å²) in [5.41, 5.74) is 2.90. The van der Waals surface area contributed by atoms with Crippen LogP contribution in [-0.4, -0.2) is 54.6 Å². The van der Waals surface area contributed by atoms with E-state index in [2.05, 4.69) is 42.7 Å². The van der Waals surface area contributed by atoms with Gasteiger partial charge in [0.1, 0.15) is 11.1 Å². The number of anilines is 2. The zero-order valence-electron chi connectivity index (χ0n) is 20.3. The molecule has 0 saturated carbocycles. The van der Waals surface area contributed by atoms with Crippen LogP contribution in [0.4, 0.5) is 11.6 Å². The molecule has 0 bridgehead atoms. The van der Waals surface area contributed by atoms with Crippen LogP contribution in [0, 0.1) is 6.92 Å². The van der Waals surface area contributed by atoms with Crippen molar-refractivity contribution in [3.63, 3.8) is 0 Å². The molecule has 8 nitrogen and oxygen atoms in total. The van der Waals surface area contributed by atoms with E-state index in [1.165, 1.54) is 11.8 Å². The van der Waals surface area contributed by atoms with Gasteiger partial charge in [0.2, 0.25) is 11.7 Å². The molecule has 34 heavy (non-hydrogen) atoms. The van der Waals surface area contributed by atoms with Crippen LogP contribution in [0.1, 0.15) is 60.3 Å². The average Bonchev–Trinajstić information content (AvgIpc) is 2.81. The third-order valence-corrected chi connectivity index (χ3v) is 7.24. The Morgan fingerprint density at radius 1 is 1.15 bits per heavy atom. The molecule has 0 amide bonds. The second kappa shape index (κ2) is 8.20. The van der Waals surface area contributed by atoms with Crippen LogP contribution in [0.5, 0.6) is 0 Å². The lowest BCUT2D eigenvalue weighted by molar-refractivity contribution is 0.103. The summed E-state index contributed by atoms with van der Waals surface area (Å²) in [6, 6.07) is 5.61. The number of fused-ring (bicyclic) bond motifs is 2. The Balaban J connectivity index is 1.53. The van der Waals surface area contributed by atoms with E-state index in [1.807, 2.05) is 17.0 Å². The number of ether oxygens (including phenoxy) is 1. The van der Waals surface area contributed by atoms with Crippen LogP contribution >= 0.6 is 0 Å². The first-order valence-electron chi connectivity index (χ1n) is 11.7. The van der Waals surface area contributed by atoms with Crippen LogP contribution in [0.2, 0.25) is 0 Å². The fourth-order valence-electron chi connectivity index (χ4n) is 5.08. The summed E-state index contributed by atoms with van der Waals surface area (Å²) < 4.78 is 11.0. The maximum atomic E-state index is 13.3. The molecule has 1 aromatic carbocycles. The van der Waals surface area contributed by atoms with Gasteiger partial charge in [-0.3, -0.25) is 4.79 Å². The number of hydrogen-bond donors (Lipinski definition) is 0. The van der Waals surface area contributed by atoms with E-state index in [4.69, 9.17) is 9.15 Å². The third-order valence-electron chi connectivity index (χ3n) is 7.24. The Bertz CT molecular complexity index is 1340. The minimum Gasteiger partial charge on any atom is -0.422 e. The standard InChI is InChI=1S/C26H30N4O4/c1-15-13-26(3,4)29(5)21-12-22-17(10-18(15)21)11-19(24(32)34-22)23(31)20-14-27-25(28-16(20)2)30-6-8-33-9-7-30/h10-12,14-15H,6-9,13H2,1-5H3/t15-/m0/s1. The number of rotatable bonds is 3. The fourth-order valence-corrected chi connectivity index (χ4v) is 5.08. The summed E-state index contributed by atoms with van der Waals surface area (Å²) in [4.78, 5) is 39.4. The van der Waals surface area contributed by atoms with Gasteiger partial charge in [-0.25, -0.2) is 14.8 Å². The monoisotopic (exact) mass is 462 g/mol. The van der Waals surface area contributed by atoms with E-state index in [0.717, 1.165) is 17.5 Å². The zero-order chi connectivity index (χ0) is 24.2. The molecule has 0 radical (unpaired) electrons. The highest BCUT2D eigenvalue weighted by Gasteiger charge is 2.34. The van der Waals surface area contributed by atoms with Gasteiger partial charge in [-0.15, -0.1) is 0 Å². The van der Waals surface area contributed by atoms with E-state index in [0.29, 0.717) is 55.0 Å². The van der Waals surface area contributed by atoms with E-state index in [9.17, 15) is 9.59 Å². The number of carbonyl (C=O) groups is 1. The fraction of sp³-hybridized carbons (Fsp3) is 0.462. The van der Waals surface area contributed by atoms with E-state index >= 15 is 0 Å². The van der Waals surface area contributed by atoms with Crippen LogP contribution in [0.15, 0.2) is 33.6 Å². The van der Waals surface area contributed by atoms with Crippen molar-refractivity contribution in [2.45, 2.75) is 45.6 Å². The Morgan fingerprint density at radius 3 is 2.59 bits per heavy atom. The average molecular weight is 463 g/mol. The highest BCUT2D eigenvalue weighted by molar-refractivity contribution is 6.10. The molecule has 1 saturated heterocycles. The number of aryl methyl sites for hydroxylation is 1. The van der Waals surface area contributed by atoms with E-state index in [1.54, 1.807) is 13.0 Å². The second-order valence-corrected chi connectivity index (χ2v) is 9.97. The maximum absolute atomic E-state index is 13.3. The van der Waals surface area contributed by atoms with Gasteiger partial charge < -0.3 is 19.0 Å². The summed E-state index contributed by atoms with van der Waals surface area (Å²) in [6.07, 6.45) is 2.52. The first kappa shape index (κ1) is 22.5. The summed E-state index contributed by atoms with van der Waals surface area (Å²) in [5.74, 6) is 0.487. The third kappa shape index (κ3) is 3.76. The second-order valence-electron chi connectivity index (χ2n) is 9.97. The highest BCUT2D eigenvalue weighted by Crippen LogP contribution is 2.43. The quantitative estimate of drug-likeness (QED) is 0.430. The number of ketones is 1. The molecule has 2 aliphatic heterocycles. The first-order chi connectivity index (χ1) is 16.2. The van der Waals surface area contributed by atoms with Crippen molar-refractivity contribution in [1.82, 2.24) is 9.97 Å². The van der Waals surface area contributed by atoms with Crippen molar-refractivity contribution in [1.29, 1.82) is 0 Å². The maximum Gasteiger partial charge on any atom is 0.347 e. The van der Waals surface area contributed by atoms with E-state index < -0.39 is 11.4 Å². The molecule has 2 aliphatic rings. The molecule has 5 rings (SSSR count). The molecule has 2 aromatic heterocycles. The van der Waals surface area contributed by atoms with Gasteiger partial charge >= 0.3 is 5.63 Å². The number of carbonyl (C=O) groups excluding carboxylic acids is 1. The van der Waals surface area contributed by atoms with Crippen LogP contribution in [-0.2, 0) is 4.74 Å². The van der Waals surface area contributed by atoms with Crippen molar-refractivity contribution < 1.29 is 13.9 Å². The number of benzene rings is 1. The molecule has 0 aliphatic carbocycles. The minimum atomic E-state index is -0.653. The smallest absolute Gasteiger partial charge is 0.347 e. The van der Waals surface area contributed by atoms with Crippen molar-refractivity contribution in [2.75, 3.05) is 43.2 Å². The zero-order valence-corrected chi connectivity index (χ0v) is 20.3. The lowest BCUT2D eigenvalue weighted by Crippen LogP contribution is -2.45. The first-order valence-corrected chi connectivity index (χ1v) is 11.7. The molecule has 0 unspecified atom stereocenters. The van der Waals surface area contributed by atoms with Crippen LogP contribution in [0.25, 0.3) is 11.0 Å². The lowest BCUT2D eigenvalue weighted by Gasteiger charge is -2.45. The molecule has 4 heterocycles. The normalized spacial score (nSPS) is 19.9. The molecule has 3 aromatic rings. The number of aromatic nitrogens is 2. The summed E-state index contributed by atoms with van der Waals surface area (Å²) in [7, 11) is 2.07. The predicted octanol–water partition coefficient (Wildman–Crippen LogP) is 3.68. The number of morpholine rings is 1. The van der Waals surface area contributed by atoms with Gasteiger partial charge in [0, 0.05) is 49.0 Å². The number of nitrogens with zero attached hydrogens (tertiary/aromatic N) is 4. The Hall–Kier alpha value is -3.26. The molecule has 8 heteroatoms. The predicted molar refractivity (Wildman–Crippen MR) is 131 cm³/mol. The van der Waals surface area contributed by atoms with E-state index in [-0.39, 0.29) is 11.1 Å². The molecule has 1 atom stereocenters. The van der Waals surface area contributed by atoms with Crippen molar-refractivity contribution >= 4 is 28.4 Å². The number of hydrogen-bond acceptors (Lipinski definition) is 8. The summed E-state index contributed by atoms with van der Waals surface area (Å²) >= 11 is 0. The van der Waals surface area contributed by atoms with Gasteiger partial charge in [0.25, 0.3) is 0 Å². The van der Waals surface area contributed by atoms with Crippen LogP contribution in [0.3, 0.4) is 0 Å². The van der Waals surface area contributed by atoms with Crippen molar-refractivity contribution in [2.24, 2.45) is 0 Å². The Morgan fingerprint density at radius 2 is 1.88 bits per heavy atom. The van der Waals surface area contributed by atoms with Crippen LogP contribution < -0.4 is 15.4 Å². The highest BCUT2D eigenvalue weighted by atomic mass is 16.5. The van der Waals surface area contributed by atoms with Gasteiger partial charge in [0.15, 0.2) is 0 Å².